The molecule has 1 aliphatic heterocycles. The standard InChI is InChI=1S/C19H16Cl2N4O3/c1-27-16-7-2-4-11(15-8-17(26)24-19-22-10-23-25(15)19)18(16)28-9-12-13(20)5-3-6-14(12)21/h2-7,10,15H,8-9H2,1H3,(H,22,23,24,26)/t15-/m1/s1. The Kier molecular flexibility index (Phi) is 5.11. The van der Waals surface area contributed by atoms with E-state index in [4.69, 9.17) is 32.7 Å². The number of ether oxygens (including phenoxy) is 2. The Morgan fingerprint density at radius 1 is 1.21 bits per heavy atom. The van der Waals surface area contributed by atoms with Crippen LogP contribution >= 0.6 is 23.2 Å². The number of amides is 1. The summed E-state index contributed by atoms with van der Waals surface area (Å²) in [5.74, 6) is 1.29. The summed E-state index contributed by atoms with van der Waals surface area (Å²) in [5, 5.41) is 7.98. The summed E-state index contributed by atoms with van der Waals surface area (Å²) >= 11 is 12.5. The Morgan fingerprint density at radius 2 is 1.96 bits per heavy atom. The van der Waals surface area contributed by atoms with Gasteiger partial charge in [-0.05, 0) is 18.2 Å². The normalized spacial score (nSPS) is 15.7. The largest absolute Gasteiger partial charge is 0.493 e. The number of methoxy groups -OCH3 is 1. The molecule has 144 valence electrons. The Balaban J connectivity index is 1.73. The molecule has 1 amide bonds. The molecular weight excluding hydrogens is 403 g/mol. The molecule has 0 fully saturated rings. The third kappa shape index (κ3) is 3.39. The molecule has 0 bridgehead atoms. The Morgan fingerprint density at radius 3 is 2.71 bits per heavy atom. The Labute approximate surface area is 171 Å². The van der Waals surface area contributed by atoms with Crippen molar-refractivity contribution in [3.05, 3.63) is 63.9 Å². The zero-order chi connectivity index (χ0) is 19.7. The predicted molar refractivity (Wildman–Crippen MR) is 105 cm³/mol. The highest BCUT2D eigenvalue weighted by atomic mass is 35.5. The minimum absolute atomic E-state index is 0.145. The maximum absolute atomic E-state index is 12.1. The first-order valence-corrected chi connectivity index (χ1v) is 9.26. The van der Waals surface area contributed by atoms with Gasteiger partial charge in [-0.15, -0.1) is 0 Å². The van der Waals surface area contributed by atoms with Gasteiger partial charge in [0.1, 0.15) is 12.9 Å². The van der Waals surface area contributed by atoms with Gasteiger partial charge in [-0.2, -0.15) is 10.1 Å². The van der Waals surface area contributed by atoms with Crippen LogP contribution in [0.3, 0.4) is 0 Å². The van der Waals surface area contributed by atoms with Crippen molar-refractivity contribution in [3.8, 4) is 11.5 Å². The number of hydrogen-bond acceptors (Lipinski definition) is 5. The number of halogens is 2. The monoisotopic (exact) mass is 418 g/mol. The fraction of sp³-hybridized carbons (Fsp3) is 0.211. The molecule has 7 nitrogen and oxygen atoms in total. The maximum atomic E-state index is 12.1. The number of nitrogens with zero attached hydrogens (tertiary/aromatic N) is 3. The van der Waals surface area contributed by atoms with Crippen LogP contribution in [0.5, 0.6) is 11.5 Å². The molecule has 0 aliphatic carbocycles. The fourth-order valence-electron chi connectivity index (χ4n) is 3.17. The van der Waals surface area contributed by atoms with E-state index in [1.165, 1.54) is 6.33 Å². The van der Waals surface area contributed by atoms with Crippen LogP contribution in [0.15, 0.2) is 42.7 Å². The lowest BCUT2D eigenvalue weighted by molar-refractivity contribution is -0.117. The maximum Gasteiger partial charge on any atom is 0.229 e. The third-order valence-corrected chi connectivity index (χ3v) is 5.22. The fourth-order valence-corrected chi connectivity index (χ4v) is 3.68. The lowest BCUT2D eigenvalue weighted by Crippen LogP contribution is -2.29. The summed E-state index contributed by atoms with van der Waals surface area (Å²) < 4.78 is 13.2. The minimum atomic E-state index is -0.377. The molecule has 1 atom stereocenters. The molecule has 0 radical (unpaired) electrons. The number of aromatic nitrogens is 3. The molecular formula is C19H16Cl2N4O3. The molecule has 4 rings (SSSR count). The molecule has 1 aliphatic rings. The van der Waals surface area contributed by atoms with Crippen LogP contribution in [0.2, 0.25) is 10.0 Å². The van der Waals surface area contributed by atoms with Crippen LogP contribution in [0.25, 0.3) is 0 Å². The molecule has 3 aromatic rings. The highest BCUT2D eigenvalue weighted by Gasteiger charge is 2.31. The number of carbonyl (C=O) groups is 1. The van der Waals surface area contributed by atoms with Gasteiger partial charge in [-0.25, -0.2) is 4.68 Å². The van der Waals surface area contributed by atoms with Crippen LogP contribution in [0.4, 0.5) is 5.95 Å². The predicted octanol–water partition coefficient (Wildman–Crippen LogP) is 4.10. The van der Waals surface area contributed by atoms with Gasteiger partial charge in [0.25, 0.3) is 0 Å². The van der Waals surface area contributed by atoms with E-state index >= 15 is 0 Å². The number of carbonyl (C=O) groups excluding carboxylic acids is 1. The third-order valence-electron chi connectivity index (χ3n) is 4.51. The molecule has 0 saturated carbocycles. The molecule has 0 saturated heterocycles. The quantitative estimate of drug-likeness (QED) is 0.674. The van der Waals surface area contributed by atoms with E-state index in [9.17, 15) is 4.79 Å². The smallest absolute Gasteiger partial charge is 0.229 e. The first-order valence-electron chi connectivity index (χ1n) is 8.50. The van der Waals surface area contributed by atoms with Crippen molar-refractivity contribution in [2.75, 3.05) is 12.4 Å². The Hall–Kier alpha value is -2.77. The second-order valence-corrected chi connectivity index (χ2v) is 6.98. The van der Waals surface area contributed by atoms with Crippen LogP contribution in [-0.4, -0.2) is 27.8 Å². The van der Waals surface area contributed by atoms with Gasteiger partial charge in [-0.3, -0.25) is 10.1 Å². The van der Waals surface area contributed by atoms with Crippen molar-refractivity contribution in [3.63, 3.8) is 0 Å². The number of benzene rings is 2. The number of anilines is 1. The van der Waals surface area contributed by atoms with Crippen LogP contribution in [-0.2, 0) is 11.4 Å². The van der Waals surface area contributed by atoms with Gasteiger partial charge in [0.15, 0.2) is 11.5 Å². The molecule has 28 heavy (non-hydrogen) atoms. The average molecular weight is 419 g/mol. The van der Waals surface area contributed by atoms with E-state index < -0.39 is 0 Å². The molecule has 9 heteroatoms. The average Bonchev–Trinajstić information content (AvgIpc) is 3.15. The molecule has 2 heterocycles. The van der Waals surface area contributed by atoms with E-state index in [1.54, 1.807) is 36.1 Å². The summed E-state index contributed by atoms with van der Waals surface area (Å²) in [4.78, 5) is 16.2. The van der Waals surface area contributed by atoms with Gasteiger partial charge in [0, 0.05) is 21.2 Å². The first-order chi connectivity index (χ1) is 13.6. The van der Waals surface area contributed by atoms with Gasteiger partial charge >= 0.3 is 0 Å². The van der Waals surface area contributed by atoms with E-state index in [0.717, 1.165) is 5.56 Å². The van der Waals surface area contributed by atoms with Crippen LogP contribution < -0.4 is 14.8 Å². The number of hydrogen-bond donors (Lipinski definition) is 1. The van der Waals surface area contributed by atoms with E-state index in [2.05, 4.69) is 15.4 Å². The second kappa shape index (κ2) is 7.69. The first kappa shape index (κ1) is 18.6. The summed E-state index contributed by atoms with van der Waals surface area (Å²) in [5.41, 5.74) is 1.43. The molecule has 1 N–H and O–H groups in total. The summed E-state index contributed by atoms with van der Waals surface area (Å²) in [7, 11) is 1.56. The summed E-state index contributed by atoms with van der Waals surface area (Å²) in [6, 6.07) is 10.4. The second-order valence-electron chi connectivity index (χ2n) is 6.16. The van der Waals surface area contributed by atoms with Crippen LogP contribution in [0, 0.1) is 0 Å². The number of para-hydroxylation sites is 1. The van der Waals surface area contributed by atoms with Crippen molar-refractivity contribution in [1.82, 2.24) is 14.8 Å². The molecule has 0 spiro atoms. The number of rotatable bonds is 5. The minimum Gasteiger partial charge on any atom is -0.493 e. The van der Waals surface area contributed by atoms with Crippen molar-refractivity contribution < 1.29 is 14.3 Å². The highest BCUT2D eigenvalue weighted by Crippen LogP contribution is 2.40. The summed E-state index contributed by atoms with van der Waals surface area (Å²) in [6.07, 6.45) is 1.60. The zero-order valence-corrected chi connectivity index (χ0v) is 16.4. The van der Waals surface area contributed by atoms with Gasteiger partial charge in [0.2, 0.25) is 11.9 Å². The van der Waals surface area contributed by atoms with Crippen molar-refractivity contribution in [2.45, 2.75) is 19.1 Å². The van der Waals surface area contributed by atoms with E-state index in [0.29, 0.717) is 33.1 Å². The van der Waals surface area contributed by atoms with Gasteiger partial charge < -0.3 is 9.47 Å². The topological polar surface area (TPSA) is 78.3 Å². The SMILES string of the molecule is COc1cccc([C@H]2CC(=O)Nc3ncnn32)c1OCc1c(Cl)cccc1Cl. The Bertz CT molecular complexity index is 1020. The van der Waals surface area contributed by atoms with Gasteiger partial charge in [-0.1, -0.05) is 41.4 Å². The number of fused-ring (bicyclic) bond motifs is 1. The van der Waals surface area contributed by atoms with E-state index in [1.807, 2.05) is 12.1 Å². The van der Waals surface area contributed by atoms with Gasteiger partial charge in [0.05, 0.1) is 19.6 Å². The van der Waals surface area contributed by atoms with Crippen molar-refractivity contribution in [2.24, 2.45) is 0 Å². The number of nitrogens with one attached hydrogen (secondary N) is 1. The van der Waals surface area contributed by atoms with Crippen molar-refractivity contribution >= 4 is 35.1 Å². The summed E-state index contributed by atoms with van der Waals surface area (Å²) in [6.45, 7) is 0.148. The molecule has 1 aromatic heterocycles. The van der Waals surface area contributed by atoms with E-state index in [-0.39, 0.29) is 25.0 Å². The van der Waals surface area contributed by atoms with Crippen LogP contribution in [0.1, 0.15) is 23.6 Å². The highest BCUT2D eigenvalue weighted by molar-refractivity contribution is 6.35. The van der Waals surface area contributed by atoms with Crippen molar-refractivity contribution in [1.29, 1.82) is 0 Å². The molecule has 0 unspecified atom stereocenters. The lowest BCUT2D eigenvalue weighted by Gasteiger charge is -2.26. The molecule has 2 aromatic carbocycles. The lowest BCUT2D eigenvalue weighted by atomic mass is 10.0. The zero-order valence-electron chi connectivity index (χ0n) is 14.9.